The van der Waals surface area contributed by atoms with Crippen molar-refractivity contribution in [2.24, 2.45) is 5.10 Å². The quantitative estimate of drug-likeness (QED) is 0.304. The van der Waals surface area contributed by atoms with Gasteiger partial charge in [-0.1, -0.05) is 58.4 Å². The van der Waals surface area contributed by atoms with Crippen molar-refractivity contribution in [1.29, 1.82) is 0 Å². The number of hydrogen-bond donors (Lipinski definition) is 2. The highest BCUT2D eigenvalue weighted by Gasteiger charge is 2.17. The van der Waals surface area contributed by atoms with Crippen LogP contribution >= 0.6 is 15.9 Å². The SMILES string of the molecule is O=C(COc1ccc(-c2ccccc2)cc1)N/N=C\c1cc(Br)cc([N+](=O)[O-])c1O. The number of halogens is 1. The van der Waals surface area contributed by atoms with Gasteiger partial charge in [0.25, 0.3) is 5.91 Å². The first kappa shape index (κ1) is 21.0. The number of amides is 1. The van der Waals surface area contributed by atoms with Crippen LogP contribution in [-0.2, 0) is 4.79 Å². The predicted molar refractivity (Wildman–Crippen MR) is 116 cm³/mol. The zero-order valence-corrected chi connectivity index (χ0v) is 17.1. The molecule has 30 heavy (non-hydrogen) atoms. The lowest BCUT2D eigenvalue weighted by molar-refractivity contribution is -0.385. The predicted octanol–water partition coefficient (Wildman–Crippen LogP) is 4.26. The molecule has 0 heterocycles. The Balaban J connectivity index is 1.55. The first-order chi connectivity index (χ1) is 14.4. The highest BCUT2D eigenvalue weighted by molar-refractivity contribution is 9.10. The summed E-state index contributed by atoms with van der Waals surface area (Å²) in [5.74, 6) is -0.549. The minimum Gasteiger partial charge on any atom is -0.502 e. The number of carbonyl (C=O) groups is 1. The second kappa shape index (κ2) is 9.66. The van der Waals surface area contributed by atoms with Crippen molar-refractivity contribution in [3.63, 3.8) is 0 Å². The molecule has 3 aromatic carbocycles. The second-order valence-corrected chi connectivity index (χ2v) is 7.01. The van der Waals surface area contributed by atoms with E-state index in [2.05, 4.69) is 26.5 Å². The van der Waals surface area contributed by atoms with Crippen LogP contribution in [0.1, 0.15) is 5.56 Å². The van der Waals surface area contributed by atoms with Crippen molar-refractivity contribution >= 4 is 33.7 Å². The molecule has 0 bridgehead atoms. The van der Waals surface area contributed by atoms with Gasteiger partial charge in [0.1, 0.15) is 5.75 Å². The monoisotopic (exact) mass is 469 g/mol. The molecule has 0 atom stereocenters. The lowest BCUT2D eigenvalue weighted by Crippen LogP contribution is -2.24. The Morgan fingerprint density at radius 1 is 1.13 bits per heavy atom. The van der Waals surface area contributed by atoms with Crippen molar-refractivity contribution in [2.75, 3.05) is 6.61 Å². The van der Waals surface area contributed by atoms with Crippen LogP contribution in [0.15, 0.2) is 76.3 Å². The van der Waals surface area contributed by atoms with Crippen molar-refractivity contribution in [3.8, 4) is 22.6 Å². The van der Waals surface area contributed by atoms with Crippen LogP contribution in [0.3, 0.4) is 0 Å². The maximum Gasteiger partial charge on any atom is 0.312 e. The molecule has 0 aliphatic rings. The Labute approximate surface area is 180 Å². The summed E-state index contributed by atoms with van der Waals surface area (Å²) in [6.45, 7) is -0.271. The number of nitrogens with one attached hydrogen (secondary N) is 1. The Hall–Kier alpha value is -3.72. The van der Waals surface area contributed by atoms with E-state index in [-0.39, 0.29) is 12.2 Å². The van der Waals surface area contributed by atoms with Crippen LogP contribution in [0.5, 0.6) is 11.5 Å². The molecule has 152 valence electrons. The molecule has 1 amide bonds. The number of hydrogen-bond acceptors (Lipinski definition) is 6. The summed E-state index contributed by atoms with van der Waals surface area (Å²) in [6, 6.07) is 19.8. The number of aromatic hydroxyl groups is 1. The van der Waals surface area contributed by atoms with E-state index in [9.17, 15) is 20.0 Å². The Bertz CT molecular complexity index is 1090. The van der Waals surface area contributed by atoms with E-state index >= 15 is 0 Å². The highest BCUT2D eigenvalue weighted by atomic mass is 79.9. The average molecular weight is 470 g/mol. The number of rotatable bonds is 7. The van der Waals surface area contributed by atoms with Crippen molar-refractivity contribution in [1.82, 2.24) is 5.43 Å². The first-order valence-electron chi connectivity index (χ1n) is 8.71. The summed E-state index contributed by atoms with van der Waals surface area (Å²) in [5.41, 5.74) is 3.95. The number of ether oxygens (including phenoxy) is 1. The van der Waals surface area contributed by atoms with Crippen molar-refractivity contribution in [2.45, 2.75) is 0 Å². The van der Waals surface area contributed by atoms with E-state index in [0.717, 1.165) is 17.3 Å². The van der Waals surface area contributed by atoms with Gasteiger partial charge in [-0.3, -0.25) is 14.9 Å². The van der Waals surface area contributed by atoms with Gasteiger partial charge in [-0.05, 0) is 29.3 Å². The van der Waals surface area contributed by atoms with Gasteiger partial charge in [-0.15, -0.1) is 0 Å². The van der Waals surface area contributed by atoms with Gasteiger partial charge in [-0.25, -0.2) is 5.43 Å². The lowest BCUT2D eigenvalue weighted by Gasteiger charge is -2.07. The largest absolute Gasteiger partial charge is 0.502 e. The number of nitro benzene ring substituents is 1. The summed E-state index contributed by atoms with van der Waals surface area (Å²) < 4.78 is 5.81. The number of hydrazone groups is 1. The molecule has 3 aromatic rings. The lowest BCUT2D eigenvalue weighted by atomic mass is 10.1. The fourth-order valence-corrected chi connectivity index (χ4v) is 3.04. The second-order valence-electron chi connectivity index (χ2n) is 6.09. The molecule has 0 radical (unpaired) electrons. The van der Waals surface area contributed by atoms with Crippen LogP contribution < -0.4 is 10.2 Å². The molecular formula is C21H16BrN3O5. The fraction of sp³-hybridized carbons (Fsp3) is 0.0476. The summed E-state index contributed by atoms with van der Waals surface area (Å²) in [6.07, 6.45) is 1.11. The smallest absolute Gasteiger partial charge is 0.312 e. The van der Waals surface area contributed by atoms with E-state index in [4.69, 9.17) is 4.74 Å². The minimum atomic E-state index is -0.715. The number of carbonyl (C=O) groups excluding carboxylic acids is 1. The third kappa shape index (κ3) is 5.42. The van der Waals surface area contributed by atoms with Crippen LogP contribution in [0.25, 0.3) is 11.1 Å². The normalized spacial score (nSPS) is 10.7. The molecule has 0 aliphatic carbocycles. The van der Waals surface area contributed by atoms with Gasteiger partial charge >= 0.3 is 5.69 Å². The Morgan fingerprint density at radius 3 is 2.47 bits per heavy atom. The van der Waals surface area contributed by atoms with Gasteiger partial charge < -0.3 is 9.84 Å². The molecular weight excluding hydrogens is 454 g/mol. The van der Waals surface area contributed by atoms with Crippen molar-refractivity contribution in [3.05, 3.63) is 86.9 Å². The van der Waals surface area contributed by atoms with Gasteiger partial charge in [0.15, 0.2) is 6.61 Å². The molecule has 2 N–H and O–H groups in total. The summed E-state index contributed by atoms with van der Waals surface area (Å²) in [5, 5.41) is 24.5. The highest BCUT2D eigenvalue weighted by Crippen LogP contribution is 2.32. The van der Waals surface area contributed by atoms with Crippen LogP contribution in [0.2, 0.25) is 0 Å². The fourth-order valence-electron chi connectivity index (χ4n) is 2.57. The van der Waals surface area contributed by atoms with Crippen LogP contribution in [0.4, 0.5) is 5.69 Å². The Morgan fingerprint density at radius 2 is 1.80 bits per heavy atom. The molecule has 0 aliphatic heterocycles. The first-order valence-corrected chi connectivity index (χ1v) is 9.50. The van der Waals surface area contributed by atoms with E-state index in [0.29, 0.717) is 10.2 Å². The van der Waals surface area contributed by atoms with E-state index in [1.165, 1.54) is 12.1 Å². The molecule has 0 saturated carbocycles. The average Bonchev–Trinajstić information content (AvgIpc) is 2.75. The maximum atomic E-state index is 11.9. The topological polar surface area (TPSA) is 114 Å². The number of phenols is 1. The molecule has 9 heteroatoms. The zero-order chi connectivity index (χ0) is 21.5. The van der Waals surface area contributed by atoms with Gasteiger partial charge in [0.2, 0.25) is 5.75 Å². The zero-order valence-electron chi connectivity index (χ0n) is 15.5. The molecule has 0 saturated heterocycles. The maximum absolute atomic E-state index is 11.9. The van der Waals surface area contributed by atoms with Gasteiger partial charge in [0, 0.05) is 16.1 Å². The van der Waals surface area contributed by atoms with E-state index in [1.807, 2.05) is 42.5 Å². The number of nitro groups is 1. The molecule has 0 unspecified atom stereocenters. The molecule has 0 aromatic heterocycles. The van der Waals surface area contributed by atoms with Gasteiger partial charge in [-0.2, -0.15) is 5.10 Å². The summed E-state index contributed by atoms with van der Waals surface area (Å²) in [4.78, 5) is 22.1. The summed E-state index contributed by atoms with van der Waals surface area (Å²) in [7, 11) is 0. The molecule has 0 spiro atoms. The van der Waals surface area contributed by atoms with Gasteiger partial charge in [0.05, 0.1) is 11.1 Å². The standard InChI is InChI=1S/C21H16BrN3O5/c22-17-10-16(21(27)19(11-17)25(28)29)12-23-24-20(26)13-30-18-8-6-15(7-9-18)14-4-2-1-3-5-14/h1-12,27H,13H2,(H,24,26)/b23-12-. The molecule has 3 rings (SSSR count). The van der Waals surface area contributed by atoms with Crippen LogP contribution in [0, 0.1) is 10.1 Å². The van der Waals surface area contributed by atoms with Crippen molar-refractivity contribution < 1.29 is 19.6 Å². The third-order valence-electron chi connectivity index (χ3n) is 4.01. The molecule has 0 fully saturated rings. The minimum absolute atomic E-state index is 0.0776. The van der Waals surface area contributed by atoms with E-state index in [1.54, 1.807) is 12.1 Å². The molecule has 8 nitrogen and oxygen atoms in total. The third-order valence-corrected chi connectivity index (χ3v) is 4.46. The van der Waals surface area contributed by atoms with E-state index < -0.39 is 22.3 Å². The number of nitrogens with zero attached hydrogens (tertiary/aromatic N) is 2. The number of benzene rings is 3. The van der Waals surface area contributed by atoms with Crippen LogP contribution in [-0.4, -0.2) is 28.8 Å². The number of phenolic OH excluding ortho intramolecular Hbond substituents is 1. The summed E-state index contributed by atoms with van der Waals surface area (Å²) >= 11 is 3.12. The Kier molecular flexibility index (Phi) is 6.76.